The fourth-order valence-corrected chi connectivity index (χ4v) is 20.2. The maximum Gasteiger partial charge on any atom is 0.311 e. The van der Waals surface area contributed by atoms with Crippen molar-refractivity contribution in [3.63, 3.8) is 0 Å². The minimum atomic E-state index is -0.570. The Morgan fingerprint density at radius 1 is 0.358 bits per heavy atom. The molecule has 650 valence electrons. The van der Waals surface area contributed by atoms with Crippen LogP contribution in [0.1, 0.15) is 156 Å². The third-order valence-electron chi connectivity index (χ3n) is 26.1. The molecule has 0 N–H and O–H groups in total. The summed E-state index contributed by atoms with van der Waals surface area (Å²) in [5.41, 5.74) is 14.1. The Morgan fingerprint density at radius 2 is 0.664 bits per heavy atom. The normalized spacial score (nSPS) is 11.4. The molecule has 0 saturated carbocycles. The highest BCUT2D eigenvalue weighted by molar-refractivity contribution is 7.12. The van der Waals surface area contributed by atoms with Crippen LogP contribution in [-0.4, -0.2) is 70.3 Å². The van der Waals surface area contributed by atoms with Gasteiger partial charge in [-0.1, -0.05) is 151 Å². The number of hydrogen-bond donors (Lipinski definition) is 0. The molecule has 0 aliphatic rings. The number of carbonyl (C=O) groups is 1. The van der Waals surface area contributed by atoms with Crippen molar-refractivity contribution < 1.29 is 9.53 Å². The molecule has 13 aromatic carbocycles. The summed E-state index contributed by atoms with van der Waals surface area (Å²) in [5.74, 6) is -0.564. The van der Waals surface area contributed by atoms with Crippen molar-refractivity contribution in [1.82, 2.24) is 64.4 Å². The average Bonchev–Trinajstić information content (AvgIpc) is 0.871. The second kappa shape index (κ2) is 35.6. The maximum atomic E-state index is 12.5. The summed E-state index contributed by atoms with van der Waals surface area (Å²) in [7, 11) is 0. The van der Waals surface area contributed by atoms with Crippen molar-refractivity contribution in [1.29, 1.82) is 31.6 Å². The minimum absolute atomic E-state index is 0.00800. The lowest BCUT2D eigenvalue weighted by Gasteiger charge is -2.20. The van der Waals surface area contributed by atoms with Crippen LogP contribution in [0, 0.1) is 141 Å². The lowest BCUT2D eigenvalue weighted by atomic mass is 9.87. The highest BCUT2D eigenvalue weighted by Crippen LogP contribution is 2.52. The number of esters is 1. The average molecular weight is 1800 g/mol. The molecule has 0 spiro atoms. The molecular formula is C109H71N25O2S. The molecular weight excluding hydrogens is 1720 g/mol. The van der Waals surface area contributed by atoms with Gasteiger partial charge >= 0.3 is 5.97 Å². The first kappa shape index (κ1) is 87.7. The summed E-state index contributed by atoms with van der Waals surface area (Å²) in [4.78, 5) is 92.2. The molecule has 27 nitrogen and oxygen atoms in total. The van der Waals surface area contributed by atoms with Crippen LogP contribution in [0.2, 0.25) is 0 Å². The Balaban J connectivity index is 0.000000132. The van der Waals surface area contributed by atoms with Crippen LogP contribution in [0.4, 0.5) is 34.9 Å². The number of aromatic nitrogens is 13. The van der Waals surface area contributed by atoms with Crippen LogP contribution < -0.4 is 0 Å². The molecule has 21 aromatic rings. The van der Waals surface area contributed by atoms with Gasteiger partial charge in [-0.3, -0.25) is 4.79 Å². The van der Waals surface area contributed by atoms with E-state index in [-0.39, 0.29) is 81.6 Å². The summed E-state index contributed by atoms with van der Waals surface area (Å²) < 4.78 is 7.95. The second-order valence-electron chi connectivity index (χ2n) is 34.3. The van der Waals surface area contributed by atoms with Crippen molar-refractivity contribution in [2.45, 2.75) is 139 Å². The van der Waals surface area contributed by atoms with Crippen LogP contribution in [0.5, 0.6) is 0 Å². The van der Waals surface area contributed by atoms with Crippen molar-refractivity contribution in [3.05, 3.63) is 280 Å². The van der Waals surface area contributed by atoms with E-state index >= 15 is 0 Å². The summed E-state index contributed by atoms with van der Waals surface area (Å²) >= 11 is 1.86. The van der Waals surface area contributed by atoms with E-state index in [1.807, 2.05) is 160 Å². The van der Waals surface area contributed by atoms with E-state index in [0.29, 0.717) is 94.2 Å². The molecule has 28 heteroatoms. The first-order valence-electron chi connectivity index (χ1n) is 44.3. The number of unbranched alkanes of at least 4 members (excludes halogenated alkanes) is 6. The van der Waals surface area contributed by atoms with Gasteiger partial charge in [0, 0.05) is 125 Å². The van der Waals surface area contributed by atoms with Crippen LogP contribution in [0.3, 0.4) is 0 Å². The first-order chi connectivity index (χ1) is 66.7. The van der Waals surface area contributed by atoms with Crippen LogP contribution >= 0.6 is 11.3 Å². The third kappa shape index (κ3) is 14.8. The highest BCUT2D eigenvalue weighted by Gasteiger charge is 2.33. The molecule has 8 heterocycles. The van der Waals surface area contributed by atoms with E-state index in [0.717, 1.165) is 180 Å². The van der Waals surface area contributed by atoms with E-state index in [9.17, 15) is 36.4 Å². The zero-order valence-electron chi connectivity index (χ0n) is 75.0. The number of aryl methyl sites for hydroxylation is 7. The number of carbonyl (C=O) groups excluding carboxylic acids is 1. The topological polar surface area (TPSA) is 355 Å². The number of ether oxygens (including phenoxy) is 1. The molecule has 137 heavy (non-hydrogen) atoms. The largest absolute Gasteiger partial charge is 0.460 e. The molecule has 0 aliphatic heterocycles. The number of nitriles is 6. The lowest BCUT2D eigenvalue weighted by Crippen LogP contribution is -2.25. The lowest BCUT2D eigenvalue weighted by molar-refractivity contribution is -0.155. The van der Waals surface area contributed by atoms with Gasteiger partial charge in [0.25, 0.3) is 34.9 Å². The van der Waals surface area contributed by atoms with E-state index in [1.165, 1.54) is 26.7 Å². The first-order valence-corrected chi connectivity index (χ1v) is 45.1. The van der Waals surface area contributed by atoms with Gasteiger partial charge in [0.05, 0.1) is 38.5 Å². The summed E-state index contributed by atoms with van der Waals surface area (Å²) in [6, 6.07) is 55.7. The Bertz CT molecular complexity index is 9330. The Morgan fingerprint density at radius 3 is 0.993 bits per heavy atom. The molecule has 0 fully saturated rings. The Hall–Kier alpha value is -18.6. The summed E-state index contributed by atoms with van der Waals surface area (Å²) in [5, 5.41) is 73.6. The zero-order valence-corrected chi connectivity index (χ0v) is 75.8. The number of rotatable bonds is 19. The molecule has 0 bridgehead atoms. The smallest absolute Gasteiger partial charge is 0.311 e. The van der Waals surface area contributed by atoms with E-state index < -0.39 is 5.41 Å². The Labute approximate surface area is 787 Å². The number of hydrogen-bond acceptors (Lipinski definition) is 21. The van der Waals surface area contributed by atoms with Gasteiger partial charge in [-0.25, -0.2) is 29.9 Å². The fourth-order valence-electron chi connectivity index (χ4n) is 19.2. The van der Waals surface area contributed by atoms with Gasteiger partial charge in [-0.2, -0.15) is 31.6 Å². The van der Waals surface area contributed by atoms with E-state index in [4.69, 9.17) is 59.1 Å². The van der Waals surface area contributed by atoms with Crippen LogP contribution in [0.25, 0.3) is 203 Å². The molecule has 0 unspecified atom stereocenters. The van der Waals surface area contributed by atoms with Gasteiger partial charge in [0.2, 0.25) is 33.1 Å². The summed E-state index contributed by atoms with van der Waals surface area (Å²) in [6.45, 7) is 61.1. The van der Waals surface area contributed by atoms with Crippen molar-refractivity contribution in [3.8, 4) is 47.5 Å². The summed E-state index contributed by atoms with van der Waals surface area (Å²) in [6.07, 6.45) is 12.0. The van der Waals surface area contributed by atoms with E-state index in [1.54, 1.807) is 0 Å². The van der Waals surface area contributed by atoms with Crippen LogP contribution in [0.15, 0.2) is 133 Å². The van der Waals surface area contributed by atoms with Gasteiger partial charge in [-0.15, -0.1) is 41.2 Å². The molecule has 0 radical (unpaired) electrons. The van der Waals surface area contributed by atoms with Gasteiger partial charge in [-0.05, 0) is 181 Å². The van der Waals surface area contributed by atoms with Gasteiger partial charge in [0.15, 0.2) is 34.2 Å². The Kier molecular flexibility index (Phi) is 22.8. The molecule has 0 atom stereocenters. The highest BCUT2D eigenvalue weighted by atomic mass is 32.1. The molecule has 21 rings (SSSR count). The molecule has 0 amide bonds. The maximum absolute atomic E-state index is 12.5. The van der Waals surface area contributed by atoms with Gasteiger partial charge in [0.1, 0.15) is 43.0 Å². The second-order valence-corrected chi connectivity index (χ2v) is 35.8. The van der Waals surface area contributed by atoms with Crippen LogP contribution in [-0.2, 0) is 41.9 Å². The number of benzene rings is 13. The van der Waals surface area contributed by atoms with Crippen molar-refractivity contribution in [2.75, 3.05) is 0 Å². The quantitative estimate of drug-likeness (QED) is 0.0238. The minimum Gasteiger partial charge on any atom is -0.460 e. The van der Waals surface area contributed by atoms with E-state index in [2.05, 4.69) is 149 Å². The predicted molar refractivity (Wildman–Crippen MR) is 530 cm³/mol. The fraction of sp³-hybridized carbons (Fsp3) is 0.202. The number of fused-ring (bicyclic) bond motifs is 18. The number of nitrogens with zero attached hydrogens (tertiary/aromatic N) is 25. The monoisotopic (exact) mass is 1790 g/mol. The SMILES string of the molecule is [C-]#[N+]c1nc2c3cccc4c5nc(C#N)c(C#N)nc5c5c(-c6ccc(COC(=O)C(C)(C)CC)cc6)ccc(c2nc1[N+]#[C-])c5c34.[C-]#[N+]c1nc2c3cccc4c5nc(C#N)c(C#N)nc5c5c(CCCCCCc6cc(C)sc6C)ccc(c2nc1[N+]#[C-])c5c34.[C-]#[N+]c1nc2c3cccc4c5nc(C#N)c(C#N)nc5c5c(CCCCCCn6c(C)ccc6C)ccc(c2nc1[N+]#[C-])c5c34. The molecule has 0 saturated heterocycles. The third-order valence-corrected chi connectivity index (χ3v) is 27.1. The zero-order chi connectivity index (χ0) is 95.5. The van der Waals surface area contributed by atoms with Crippen molar-refractivity contribution in [2.24, 2.45) is 5.41 Å². The predicted octanol–water partition coefficient (Wildman–Crippen LogP) is 26.3. The van der Waals surface area contributed by atoms with Gasteiger partial charge < -0.3 is 38.4 Å². The molecule has 8 aromatic heterocycles. The standard InChI is InChI=1S/C37H22N8O2.C36H25N9.C36H24N8S/c1-6-37(2,3)36(46)47-18-19-10-12-20(13-11-19)21-14-15-24-28-27-22(30-31(24)45-35(41-5)34(40-4)44-30)8-7-9-23(27)32-33(29(21)28)43-26(17-39)25(16-38)42-32;1-20-13-14-21(2)45(20)17-8-6-5-7-10-22-15-16-25-30-28(22)34-33(41-26(18-37)27(19-38)42-34)24-12-9-11-23(29(24)30)31-32(25)44-36(40-4)35(39-3)43-31;1-19-16-22(20(2)45-19)11-8-6-5-7-10-21-14-15-25-30-28(21)34-33(41-26(17-37)27(18-38)42-34)24-13-9-12-23(29(24)30)31-32(25)44-36(40-4)35(39-3)43-31/h7-15H,6,18H2,1-3H3;9,11-16H,5-8,10,17H2,1-2H3;9,12-16H,5-8,10-11H2,1-2H3. The molecule has 0 aliphatic carbocycles. The van der Waals surface area contributed by atoms with Crippen molar-refractivity contribution >= 4 is 215 Å². The number of thiophene rings is 1.